The maximum Gasteiger partial charge on any atom is 0.321 e. The second kappa shape index (κ2) is 7.29. The smallest absolute Gasteiger partial charge is 0.321 e. The van der Waals surface area contributed by atoms with E-state index in [2.05, 4.69) is 24.5 Å². The van der Waals surface area contributed by atoms with Crippen LogP contribution in [0, 0.1) is 5.92 Å². The number of carbonyl (C=O) groups excluding carboxylic acids is 2. The van der Waals surface area contributed by atoms with Crippen LogP contribution in [0.3, 0.4) is 0 Å². The minimum absolute atomic E-state index is 0.0250. The summed E-state index contributed by atoms with van der Waals surface area (Å²) < 4.78 is 0. The molecule has 1 fully saturated rings. The maximum atomic E-state index is 12.4. The maximum absolute atomic E-state index is 12.4. The lowest BCUT2D eigenvalue weighted by Gasteiger charge is -2.31. The van der Waals surface area contributed by atoms with Crippen molar-refractivity contribution in [2.45, 2.75) is 32.6 Å². The van der Waals surface area contributed by atoms with Crippen LogP contribution in [0.4, 0.5) is 10.5 Å². The first kappa shape index (κ1) is 16.3. The third-order valence-electron chi connectivity index (χ3n) is 4.22. The van der Waals surface area contributed by atoms with Gasteiger partial charge in [0.15, 0.2) is 0 Å². The summed E-state index contributed by atoms with van der Waals surface area (Å²) in [6.45, 7) is 5.46. The molecule has 2 N–H and O–H groups in total. The van der Waals surface area contributed by atoms with Gasteiger partial charge in [0.2, 0.25) is 5.91 Å². The Morgan fingerprint density at radius 3 is 2.41 bits per heavy atom. The van der Waals surface area contributed by atoms with E-state index in [9.17, 15) is 9.59 Å². The van der Waals surface area contributed by atoms with Crippen molar-refractivity contribution in [1.82, 2.24) is 10.2 Å². The van der Waals surface area contributed by atoms with E-state index in [1.807, 2.05) is 24.3 Å². The van der Waals surface area contributed by atoms with Gasteiger partial charge in [-0.2, -0.15) is 0 Å². The molecule has 0 saturated carbocycles. The first-order valence-electron chi connectivity index (χ1n) is 7.89. The van der Waals surface area contributed by atoms with Gasteiger partial charge in [0.25, 0.3) is 0 Å². The molecular weight excluding hydrogens is 278 g/mol. The first-order valence-corrected chi connectivity index (χ1v) is 7.89. The molecule has 1 aliphatic rings. The zero-order valence-corrected chi connectivity index (χ0v) is 13.6. The predicted octanol–water partition coefficient (Wildman–Crippen LogP) is 2.80. The van der Waals surface area contributed by atoms with E-state index in [1.165, 1.54) is 0 Å². The number of rotatable bonds is 3. The van der Waals surface area contributed by atoms with E-state index in [4.69, 9.17) is 0 Å². The van der Waals surface area contributed by atoms with Crippen molar-refractivity contribution >= 4 is 17.6 Å². The van der Waals surface area contributed by atoms with Gasteiger partial charge in [0.05, 0.1) is 0 Å². The van der Waals surface area contributed by atoms with E-state index in [-0.39, 0.29) is 17.9 Å². The van der Waals surface area contributed by atoms with Gasteiger partial charge in [-0.1, -0.05) is 32.0 Å². The summed E-state index contributed by atoms with van der Waals surface area (Å²) in [6, 6.07) is 7.81. The highest BCUT2D eigenvalue weighted by molar-refractivity contribution is 5.90. The zero-order chi connectivity index (χ0) is 16.1. The third-order valence-corrected chi connectivity index (χ3v) is 4.22. The van der Waals surface area contributed by atoms with Gasteiger partial charge >= 0.3 is 6.03 Å². The highest BCUT2D eigenvalue weighted by Crippen LogP contribution is 2.25. The third kappa shape index (κ3) is 3.78. The van der Waals surface area contributed by atoms with Crippen LogP contribution in [-0.2, 0) is 4.79 Å². The lowest BCUT2D eigenvalue weighted by Crippen LogP contribution is -2.44. The van der Waals surface area contributed by atoms with Crippen molar-refractivity contribution in [2.24, 2.45) is 5.92 Å². The molecule has 120 valence electrons. The van der Waals surface area contributed by atoms with E-state index in [1.54, 1.807) is 11.9 Å². The van der Waals surface area contributed by atoms with Gasteiger partial charge in [0.1, 0.15) is 0 Å². The Hall–Kier alpha value is -2.04. The van der Waals surface area contributed by atoms with Gasteiger partial charge < -0.3 is 15.5 Å². The molecule has 3 amide bonds. The van der Waals surface area contributed by atoms with Crippen LogP contribution in [0.2, 0.25) is 0 Å². The zero-order valence-electron chi connectivity index (χ0n) is 13.6. The fourth-order valence-corrected chi connectivity index (χ4v) is 2.86. The van der Waals surface area contributed by atoms with Crippen LogP contribution in [0.15, 0.2) is 24.3 Å². The van der Waals surface area contributed by atoms with Crippen LogP contribution in [0.1, 0.15) is 38.2 Å². The molecule has 2 rings (SSSR count). The van der Waals surface area contributed by atoms with E-state index < -0.39 is 0 Å². The van der Waals surface area contributed by atoms with Crippen molar-refractivity contribution in [3.8, 4) is 0 Å². The minimum atomic E-state index is -0.0801. The fraction of sp³-hybridized carbons (Fsp3) is 0.529. The molecule has 1 saturated heterocycles. The van der Waals surface area contributed by atoms with Crippen LogP contribution >= 0.6 is 0 Å². The molecule has 0 bridgehead atoms. The van der Waals surface area contributed by atoms with Gasteiger partial charge in [-0.3, -0.25) is 4.79 Å². The molecule has 22 heavy (non-hydrogen) atoms. The first-order chi connectivity index (χ1) is 10.5. The topological polar surface area (TPSA) is 61.4 Å². The van der Waals surface area contributed by atoms with Gasteiger partial charge in [-0.05, 0) is 30.4 Å². The Morgan fingerprint density at radius 2 is 1.82 bits per heavy atom. The number of para-hydroxylation sites is 1. The summed E-state index contributed by atoms with van der Waals surface area (Å²) in [7, 11) is 1.66. The molecule has 1 aromatic carbocycles. The molecule has 0 aromatic heterocycles. The Kier molecular flexibility index (Phi) is 5.41. The molecule has 5 nitrogen and oxygen atoms in total. The second-order valence-electron chi connectivity index (χ2n) is 6.05. The highest BCUT2D eigenvalue weighted by Gasteiger charge is 2.26. The largest absolute Gasteiger partial charge is 0.359 e. The summed E-state index contributed by atoms with van der Waals surface area (Å²) >= 11 is 0. The molecule has 1 aromatic rings. The minimum Gasteiger partial charge on any atom is -0.359 e. The van der Waals surface area contributed by atoms with Gasteiger partial charge in [-0.15, -0.1) is 0 Å². The molecule has 1 aliphatic heterocycles. The van der Waals surface area contributed by atoms with Crippen molar-refractivity contribution in [2.75, 3.05) is 25.5 Å². The molecule has 0 unspecified atom stereocenters. The Bertz CT molecular complexity index is 534. The predicted molar refractivity (Wildman–Crippen MR) is 87.9 cm³/mol. The summed E-state index contributed by atoms with van der Waals surface area (Å²) in [5.74, 6) is 0.456. The summed E-state index contributed by atoms with van der Waals surface area (Å²) in [5, 5.41) is 5.69. The number of amides is 3. The standard InChI is InChI=1S/C17H25N3O2/c1-12(2)14-6-4-5-7-15(14)19-17(22)20-10-8-13(9-11-20)16(21)18-3/h4-7,12-13H,8-11H2,1-3H3,(H,18,21)(H,19,22). The van der Waals surface area contributed by atoms with Crippen molar-refractivity contribution in [3.05, 3.63) is 29.8 Å². The average molecular weight is 303 g/mol. The number of urea groups is 1. The van der Waals surface area contributed by atoms with Crippen molar-refractivity contribution in [3.63, 3.8) is 0 Å². The highest BCUT2D eigenvalue weighted by atomic mass is 16.2. The number of carbonyl (C=O) groups is 2. The van der Waals surface area contributed by atoms with Crippen LogP contribution in [-0.4, -0.2) is 37.0 Å². The van der Waals surface area contributed by atoms with Crippen molar-refractivity contribution in [1.29, 1.82) is 0 Å². The summed E-state index contributed by atoms with van der Waals surface area (Å²) in [4.78, 5) is 25.8. The molecule has 0 spiro atoms. The molecular formula is C17H25N3O2. The number of anilines is 1. The number of benzene rings is 1. The summed E-state index contributed by atoms with van der Waals surface area (Å²) in [6.07, 6.45) is 1.44. The van der Waals surface area contributed by atoms with Gasteiger partial charge in [-0.25, -0.2) is 4.79 Å². The molecule has 0 radical (unpaired) electrons. The van der Waals surface area contributed by atoms with Gasteiger partial charge in [0, 0.05) is 31.7 Å². The lowest BCUT2D eigenvalue weighted by atomic mass is 9.96. The second-order valence-corrected chi connectivity index (χ2v) is 6.05. The molecule has 5 heteroatoms. The fourth-order valence-electron chi connectivity index (χ4n) is 2.86. The normalized spacial score (nSPS) is 15.7. The number of likely N-dealkylation sites (tertiary alicyclic amines) is 1. The number of piperidine rings is 1. The number of nitrogens with zero attached hydrogens (tertiary/aromatic N) is 1. The molecule has 0 atom stereocenters. The Balaban J connectivity index is 1.96. The summed E-state index contributed by atoms with van der Waals surface area (Å²) in [5.41, 5.74) is 2.01. The average Bonchev–Trinajstić information content (AvgIpc) is 2.54. The van der Waals surface area contributed by atoms with Crippen molar-refractivity contribution < 1.29 is 9.59 Å². The quantitative estimate of drug-likeness (QED) is 0.902. The monoisotopic (exact) mass is 303 g/mol. The number of nitrogens with one attached hydrogen (secondary N) is 2. The van der Waals surface area contributed by atoms with E-state index in [0.29, 0.717) is 19.0 Å². The van der Waals surface area contributed by atoms with Crippen LogP contribution in [0.25, 0.3) is 0 Å². The SMILES string of the molecule is CNC(=O)C1CCN(C(=O)Nc2ccccc2C(C)C)CC1. The van der Waals surface area contributed by atoms with E-state index >= 15 is 0 Å². The lowest BCUT2D eigenvalue weighted by molar-refractivity contribution is -0.125. The molecule has 0 aliphatic carbocycles. The van der Waals surface area contributed by atoms with Crippen LogP contribution in [0.5, 0.6) is 0 Å². The molecule has 1 heterocycles. The Morgan fingerprint density at radius 1 is 1.18 bits per heavy atom. The number of hydrogen-bond acceptors (Lipinski definition) is 2. The van der Waals surface area contributed by atoms with E-state index in [0.717, 1.165) is 24.1 Å². The Labute approximate surface area is 132 Å². The number of hydrogen-bond donors (Lipinski definition) is 2. The van der Waals surface area contributed by atoms with Crippen LogP contribution < -0.4 is 10.6 Å².